The molecule has 0 spiro atoms. The van der Waals surface area contributed by atoms with E-state index in [0.29, 0.717) is 0 Å². The fourth-order valence-electron chi connectivity index (χ4n) is 12.5. The Labute approximate surface area is 528 Å². The van der Waals surface area contributed by atoms with E-state index in [-0.39, 0.29) is 0 Å². The minimum Gasteiger partial charge on any atom is -0.265 e. The van der Waals surface area contributed by atoms with Gasteiger partial charge in [-0.25, -0.2) is 19.9 Å². The van der Waals surface area contributed by atoms with Crippen molar-refractivity contribution < 1.29 is 0 Å². The molecule has 8 aromatic carbocycles. The third-order valence-electron chi connectivity index (χ3n) is 17.3. The smallest absolute Gasteiger partial charge is 0.0970 e. The molecule has 0 atom stereocenters. The first-order chi connectivity index (χ1) is 45.5. The largest absolute Gasteiger partial charge is 0.265 e. The minimum absolute atomic E-state index is 0.921. The number of pyridine rings is 10. The van der Waals surface area contributed by atoms with Crippen LogP contribution in [0.15, 0.2) is 304 Å². The van der Waals surface area contributed by atoms with Gasteiger partial charge < -0.3 is 0 Å². The average molecular weight is 1180 g/mol. The van der Waals surface area contributed by atoms with Gasteiger partial charge in [0.15, 0.2) is 0 Å². The number of benzene rings is 8. The van der Waals surface area contributed by atoms with Crippen molar-refractivity contribution in [1.29, 1.82) is 0 Å². The second-order valence-electron chi connectivity index (χ2n) is 22.8. The Balaban J connectivity index is 0.000000141. The molecule has 428 valence electrons. The van der Waals surface area contributed by atoms with Crippen molar-refractivity contribution in [2.75, 3.05) is 0 Å². The van der Waals surface area contributed by atoms with Crippen molar-refractivity contribution in [2.45, 2.75) is 0 Å². The Morgan fingerprint density at radius 3 is 0.880 bits per heavy atom. The molecule has 0 amide bonds. The summed E-state index contributed by atoms with van der Waals surface area (Å²) in [5.74, 6) is 0. The zero-order valence-electron chi connectivity index (χ0n) is 49.3. The lowest BCUT2D eigenvalue weighted by molar-refractivity contribution is 1.31. The first-order valence-corrected chi connectivity index (χ1v) is 30.5. The summed E-state index contributed by atoms with van der Waals surface area (Å²) in [6.07, 6.45) is 14.6. The minimum atomic E-state index is 0.921. The van der Waals surface area contributed by atoms with Crippen LogP contribution in [0.1, 0.15) is 0 Å². The predicted octanol–water partition coefficient (Wildman–Crippen LogP) is 19.9. The summed E-state index contributed by atoms with van der Waals surface area (Å²) in [6, 6.07) is 88.6. The van der Waals surface area contributed by atoms with Crippen LogP contribution in [0, 0.1) is 0 Å². The maximum atomic E-state index is 5.09. The fraction of sp³-hybridized carbons (Fsp3) is 0. The quantitative estimate of drug-likeness (QED) is 0.136. The number of hydrogen-bond acceptors (Lipinski definition) is 10. The lowest BCUT2D eigenvalue weighted by Crippen LogP contribution is -1.90. The monoisotopic (exact) mass is 1170 g/mol. The van der Waals surface area contributed by atoms with Crippen LogP contribution in [0.5, 0.6) is 0 Å². The van der Waals surface area contributed by atoms with Crippen molar-refractivity contribution in [2.24, 2.45) is 0 Å². The highest BCUT2D eigenvalue weighted by atomic mass is 14.8. The SMILES string of the molecule is c1cnc2c(c1)ccc1c(-c3ccc(-c4ccc5ccc(-c6ccc7ccc(-c8ccncc8)nc7c6)nc5c4)cc3)ccnc12.c1cnc2c(c1)ccc1c(-c3ccc(-c4ccc5ccc(-c6ccc7ccc(-c8ccncc8)nc7c6)nc5c4)cc3)ccnc12. The summed E-state index contributed by atoms with van der Waals surface area (Å²) in [7, 11) is 0. The van der Waals surface area contributed by atoms with E-state index in [1.807, 2.05) is 61.2 Å². The maximum Gasteiger partial charge on any atom is 0.0970 e. The standard InChI is InChI=1S/2C41H25N5/c2*1-2-31-11-14-35-34(19-23-44-41(35)40(31)43-20-1)27-5-3-26(4-6-27)32-9-7-28-13-16-37(46-38(28)24-32)33-10-8-29-12-15-36(45-39(29)25-33)30-17-21-42-22-18-30/h2*1-25H. The van der Waals surface area contributed by atoms with Crippen molar-refractivity contribution in [1.82, 2.24) is 49.8 Å². The van der Waals surface area contributed by atoms with E-state index in [2.05, 4.69) is 248 Å². The zero-order chi connectivity index (χ0) is 60.9. The van der Waals surface area contributed by atoms with Gasteiger partial charge in [-0.3, -0.25) is 29.9 Å². The molecule has 0 aliphatic heterocycles. The number of aromatic nitrogens is 10. The predicted molar refractivity (Wildman–Crippen MR) is 374 cm³/mol. The van der Waals surface area contributed by atoms with Gasteiger partial charge in [-0.2, -0.15) is 0 Å². The van der Waals surface area contributed by atoms with Crippen LogP contribution in [0.25, 0.3) is 177 Å². The molecule has 0 saturated heterocycles. The van der Waals surface area contributed by atoms with Crippen LogP contribution in [0.2, 0.25) is 0 Å². The number of nitrogens with zero attached hydrogens (tertiary/aromatic N) is 10. The highest BCUT2D eigenvalue weighted by molar-refractivity contribution is 6.09. The summed E-state index contributed by atoms with van der Waals surface area (Å²) in [5.41, 5.74) is 24.5. The van der Waals surface area contributed by atoms with Gasteiger partial charge in [0.1, 0.15) is 0 Å². The van der Waals surface area contributed by atoms with Gasteiger partial charge in [0.25, 0.3) is 0 Å². The van der Waals surface area contributed by atoms with Gasteiger partial charge in [0, 0.05) is 115 Å². The molecule has 0 unspecified atom stereocenters. The van der Waals surface area contributed by atoms with E-state index in [9.17, 15) is 0 Å². The molecule has 0 N–H and O–H groups in total. The molecule has 0 aliphatic rings. The molecule has 10 heterocycles. The van der Waals surface area contributed by atoms with Gasteiger partial charge in [0.2, 0.25) is 0 Å². The van der Waals surface area contributed by atoms with Crippen molar-refractivity contribution >= 4 is 87.2 Å². The molecule has 10 nitrogen and oxygen atoms in total. The summed E-state index contributed by atoms with van der Waals surface area (Å²) < 4.78 is 0. The van der Waals surface area contributed by atoms with Crippen LogP contribution < -0.4 is 0 Å². The molecule has 10 aromatic heterocycles. The molecule has 0 bridgehead atoms. The molecular weight excluding hydrogens is 1120 g/mol. The van der Waals surface area contributed by atoms with E-state index in [0.717, 1.165) is 177 Å². The summed E-state index contributed by atoms with van der Waals surface area (Å²) in [4.78, 5) is 46.9. The molecule has 0 radical (unpaired) electrons. The van der Waals surface area contributed by atoms with E-state index >= 15 is 0 Å². The van der Waals surface area contributed by atoms with Gasteiger partial charge in [-0.1, -0.05) is 158 Å². The van der Waals surface area contributed by atoms with Crippen LogP contribution in [-0.2, 0) is 0 Å². The van der Waals surface area contributed by atoms with Gasteiger partial charge >= 0.3 is 0 Å². The van der Waals surface area contributed by atoms with Gasteiger partial charge in [-0.05, 0) is 142 Å². The van der Waals surface area contributed by atoms with E-state index in [1.165, 1.54) is 0 Å². The highest BCUT2D eigenvalue weighted by Crippen LogP contribution is 2.37. The third-order valence-corrected chi connectivity index (χ3v) is 17.3. The Hall–Kier alpha value is -12.7. The highest BCUT2D eigenvalue weighted by Gasteiger charge is 2.14. The lowest BCUT2D eigenvalue weighted by atomic mass is 9.97. The number of rotatable bonds is 8. The Bertz CT molecular complexity index is 5520. The Kier molecular flexibility index (Phi) is 13.3. The maximum absolute atomic E-state index is 5.09. The number of hydrogen-bond donors (Lipinski definition) is 0. The Morgan fingerprint density at radius 1 is 0.185 bits per heavy atom. The topological polar surface area (TPSA) is 129 Å². The molecule has 92 heavy (non-hydrogen) atoms. The van der Waals surface area contributed by atoms with E-state index < -0.39 is 0 Å². The van der Waals surface area contributed by atoms with Crippen LogP contribution >= 0.6 is 0 Å². The molecular formula is C82H50N10. The van der Waals surface area contributed by atoms with E-state index in [1.54, 1.807) is 24.8 Å². The molecule has 18 rings (SSSR count). The van der Waals surface area contributed by atoms with Crippen LogP contribution in [0.3, 0.4) is 0 Å². The second-order valence-corrected chi connectivity index (χ2v) is 22.8. The molecule has 0 aliphatic carbocycles. The zero-order valence-corrected chi connectivity index (χ0v) is 49.3. The van der Waals surface area contributed by atoms with E-state index in [4.69, 9.17) is 19.9 Å². The summed E-state index contributed by atoms with van der Waals surface area (Å²) >= 11 is 0. The van der Waals surface area contributed by atoms with Crippen molar-refractivity contribution in [3.05, 3.63) is 304 Å². The molecule has 0 saturated carbocycles. The fourth-order valence-corrected chi connectivity index (χ4v) is 12.5. The second kappa shape index (κ2) is 22.8. The number of fused-ring (bicyclic) bond motifs is 10. The molecule has 0 fully saturated rings. The molecule has 18 aromatic rings. The molecule has 10 heteroatoms. The van der Waals surface area contributed by atoms with Crippen LogP contribution in [-0.4, -0.2) is 49.8 Å². The van der Waals surface area contributed by atoms with Crippen LogP contribution in [0.4, 0.5) is 0 Å². The lowest BCUT2D eigenvalue weighted by Gasteiger charge is -2.10. The third kappa shape index (κ3) is 10.1. The average Bonchev–Trinajstić information content (AvgIpc) is 0.902. The van der Waals surface area contributed by atoms with Gasteiger partial charge in [0.05, 0.1) is 66.9 Å². The summed E-state index contributed by atoms with van der Waals surface area (Å²) in [5, 5.41) is 8.78. The van der Waals surface area contributed by atoms with Gasteiger partial charge in [-0.15, -0.1) is 0 Å². The first-order valence-electron chi connectivity index (χ1n) is 30.5. The first kappa shape index (κ1) is 53.6. The Morgan fingerprint density at radius 2 is 0.489 bits per heavy atom. The van der Waals surface area contributed by atoms with Crippen molar-refractivity contribution in [3.8, 4) is 89.5 Å². The van der Waals surface area contributed by atoms with Crippen molar-refractivity contribution in [3.63, 3.8) is 0 Å². The summed E-state index contributed by atoms with van der Waals surface area (Å²) in [6.45, 7) is 0. The normalized spacial score (nSPS) is 11.5.